The van der Waals surface area contributed by atoms with Gasteiger partial charge in [0.2, 0.25) is 0 Å². The number of hydrogen-bond acceptors (Lipinski definition) is 4. The van der Waals surface area contributed by atoms with Gasteiger partial charge in [-0.15, -0.1) is 0 Å². The first-order chi connectivity index (χ1) is 11.1. The van der Waals surface area contributed by atoms with E-state index in [-0.39, 0.29) is 23.2 Å². The molecule has 1 rings (SSSR count). The Bertz CT molecular complexity index is 443. The third kappa shape index (κ3) is 4.86. The number of hydrogen-bond donors (Lipinski definition) is 1. The zero-order valence-electron chi connectivity index (χ0n) is 18.4. The molecule has 1 N–H and O–H groups in total. The molecule has 0 aromatic rings. The van der Waals surface area contributed by atoms with Gasteiger partial charge in [-0.3, -0.25) is 0 Å². The summed E-state index contributed by atoms with van der Waals surface area (Å²) >= 11 is 0. The van der Waals surface area contributed by atoms with Gasteiger partial charge < -0.3 is 19.0 Å². The summed E-state index contributed by atoms with van der Waals surface area (Å²) < 4.78 is 19.5. The Morgan fingerprint density at radius 3 is 2.04 bits per heavy atom. The predicted octanol–water partition coefficient (Wildman–Crippen LogP) is 5.10. The molecule has 0 aromatic carbocycles. The maximum atomic E-state index is 10.4. The topological polar surface area (TPSA) is 47.9 Å². The van der Waals surface area contributed by atoms with Crippen LogP contribution in [0, 0.1) is 5.92 Å². The lowest BCUT2D eigenvalue weighted by molar-refractivity contribution is -0.178. The summed E-state index contributed by atoms with van der Waals surface area (Å²) in [7, 11) is -1.95. The highest BCUT2D eigenvalue weighted by molar-refractivity contribution is 6.74. The molecule has 5 atom stereocenters. The highest BCUT2D eigenvalue weighted by atomic mass is 28.4. The van der Waals surface area contributed by atoms with Gasteiger partial charge in [-0.05, 0) is 51.7 Å². The van der Waals surface area contributed by atoms with Crippen molar-refractivity contribution in [2.45, 2.75) is 123 Å². The molecule has 0 saturated carbocycles. The molecule has 1 aliphatic rings. The van der Waals surface area contributed by atoms with Gasteiger partial charge in [0.25, 0.3) is 0 Å². The lowest BCUT2D eigenvalue weighted by Crippen LogP contribution is -2.57. The van der Waals surface area contributed by atoms with Crippen LogP contribution in [0.2, 0.25) is 18.1 Å². The number of ether oxygens (including phenoxy) is 2. The zero-order chi connectivity index (χ0) is 19.8. The first-order valence-electron chi connectivity index (χ1n) is 9.85. The number of aliphatic hydroxyl groups excluding tert-OH is 1. The van der Waals surface area contributed by atoms with Crippen LogP contribution in [0.3, 0.4) is 0 Å². The Kier molecular flexibility index (Phi) is 7.01. The van der Waals surface area contributed by atoms with Crippen LogP contribution in [0.4, 0.5) is 0 Å². The Balaban J connectivity index is 3.21. The molecule has 1 heterocycles. The quantitative estimate of drug-likeness (QED) is 0.630. The Hall–Kier alpha value is 0.0569. The van der Waals surface area contributed by atoms with Crippen molar-refractivity contribution in [1.82, 2.24) is 0 Å². The second-order valence-corrected chi connectivity index (χ2v) is 14.6. The molecule has 0 amide bonds. The molecular weight excluding hydrogens is 332 g/mol. The second-order valence-electron chi connectivity index (χ2n) is 9.83. The smallest absolute Gasteiger partial charge is 0.192 e. The standard InChI is InChI=1S/C20H42O4Si/c1-12-15(21)14(3)17-20(9,24-19(7,8)22-17)16(13-2)23-25(10,11)18(4,5)6/h14-17,21H,12-13H2,1-11H3. The van der Waals surface area contributed by atoms with Gasteiger partial charge in [0.1, 0.15) is 5.60 Å². The molecule has 0 radical (unpaired) electrons. The second kappa shape index (κ2) is 7.59. The molecule has 0 bridgehead atoms. The highest BCUT2D eigenvalue weighted by Gasteiger charge is 2.58. The Morgan fingerprint density at radius 2 is 1.64 bits per heavy atom. The van der Waals surface area contributed by atoms with Gasteiger partial charge in [0.05, 0.1) is 18.3 Å². The van der Waals surface area contributed by atoms with Crippen LogP contribution >= 0.6 is 0 Å². The van der Waals surface area contributed by atoms with Crippen LogP contribution in [0.5, 0.6) is 0 Å². The van der Waals surface area contributed by atoms with E-state index >= 15 is 0 Å². The van der Waals surface area contributed by atoms with Gasteiger partial charge in [-0.25, -0.2) is 0 Å². The average molecular weight is 375 g/mol. The molecular formula is C20H42O4Si. The fraction of sp³-hybridized carbons (Fsp3) is 1.00. The lowest BCUT2D eigenvalue weighted by Gasteiger charge is -2.46. The predicted molar refractivity (Wildman–Crippen MR) is 106 cm³/mol. The molecule has 0 aromatic heterocycles. The summed E-state index contributed by atoms with van der Waals surface area (Å²) in [6.07, 6.45) is 0.886. The first kappa shape index (κ1) is 23.1. The third-order valence-electron chi connectivity index (χ3n) is 6.20. The maximum Gasteiger partial charge on any atom is 0.192 e. The minimum atomic E-state index is -1.95. The summed E-state index contributed by atoms with van der Waals surface area (Å²) in [6, 6.07) is 0. The highest BCUT2D eigenvalue weighted by Crippen LogP contribution is 2.47. The molecule has 150 valence electrons. The van der Waals surface area contributed by atoms with Crippen LogP contribution in [-0.2, 0) is 13.9 Å². The monoisotopic (exact) mass is 374 g/mol. The number of aliphatic hydroxyl groups is 1. The van der Waals surface area contributed by atoms with Crippen molar-refractivity contribution < 1.29 is 19.0 Å². The summed E-state index contributed by atoms with van der Waals surface area (Å²) in [6.45, 7) is 23.5. The van der Waals surface area contributed by atoms with Crippen LogP contribution in [0.15, 0.2) is 0 Å². The maximum absolute atomic E-state index is 10.4. The molecule has 4 nitrogen and oxygen atoms in total. The molecule has 1 saturated heterocycles. The van der Waals surface area contributed by atoms with E-state index in [1.165, 1.54) is 0 Å². The summed E-state index contributed by atoms with van der Waals surface area (Å²) in [4.78, 5) is 0. The molecule has 1 fully saturated rings. The molecule has 5 unspecified atom stereocenters. The Morgan fingerprint density at radius 1 is 1.12 bits per heavy atom. The molecule has 0 aliphatic carbocycles. The van der Waals surface area contributed by atoms with Crippen LogP contribution in [0.25, 0.3) is 0 Å². The minimum absolute atomic E-state index is 0.0196. The van der Waals surface area contributed by atoms with E-state index in [0.717, 1.165) is 6.42 Å². The van der Waals surface area contributed by atoms with Crippen molar-refractivity contribution in [1.29, 1.82) is 0 Å². The van der Waals surface area contributed by atoms with Crippen molar-refractivity contribution in [3.05, 3.63) is 0 Å². The van der Waals surface area contributed by atoms with Crippen molar-refractivity contribution in [2.24, 2.45) is 5.92 Å². The van der Waals surface area contributed by atoms with E-state index in [4.69, 9.17) is 13.9 Å². The molecule has 1 aliphatic heterocycles. The fourth-order valence-electron chi connectivity index (χ4n) is 3.62. The van der Waals surface area contributed by atoms with E-state index in [0.29, 0.717) is 6.42 Å². The van der Waals surface area contributed by atoms with Gasteiger partial charge in [0.15, 0.2) is 14.1 Å². The van der Waals surface area contributed by atoms with Crippen molar-refractivity contribution in [2.75, 3.05) is 0 Å². The van der Waals surface area contributed by atoms with E-state index in [9.17, 15) is 5.11 Å². The van der Waals surface area contributed by atoms with Crippen LogP contribution in [0.1, 0.15) is 75.2 Å². The molecule has 5 heteroatoms. The van der Waals surface area contributed by atoms with E-state index in [2.05, 4.69) is 54.6 Å². The largest absolute Gasteiger partial charge is 0.411 e. The van der Waals surface area contributed by atoms with Crippen molar-refractivity contribution in [3.63, 3.8) is 0 Å². The van der Waals surface area contributed by atoms with E-state index in [1.54, 1.807) is 0 Å². The van der Waals surface area contributed by atoms with Crippen molar-refractivity contribution in [3.8, 4) is 0 Å². The minimum Gasteiger partial charge on any atom is -0.411 e. The van der Waals surface area contributed by atoms with Gasteiger partial charge in [0, 0.05) is 5.92 Å². The molecule has 0 spiro atoms. The van der Waals surface area contributed by atoms with Gasteiger partial charge >= 0.3 is 0 Å². The van der Waals surface area contributed by atoms with E-state index in [1.807, 2.05) is 20.8 Å². The Labute approximate surface area is 156 Å². The van der Waals surface area contributed by atoms with Gasteiger partial charge in [-0.2, -0.15) is 0 Å². The van der Waals surface area contributed by atoms with E-state index < -0.39 is 25.8 Å². The van der Waals surface area contributed by atoms with Crippen LogP contribution in [-0.4, -0.2) is 43.1 Å². The third-order valence-corrected chi connectivity index (χ3v) is 10.7. The normalized spacial score (nSPS) is 31.0. The molecule has 25 heavy (non-hydrogen) atoms. The van der Waals surface area contributed by atoms with Crippen molar-refractivity contribution >= 4 is 8.32 Å². The summed E-state index contributed by atoms with van der Waals surface area (Å²) in [5.41, 5.74) is -0.580. The number of rotatable bonds is 7. The van der Waals surface area contributed by atoms with Crippen LogP contribution < -0.4 is 0 Å². The fourth-order valence-corrected chi connectivity index (χ4v) is 5.09. The summed E-state index contributed by atoms with van der Waals surface area (Å²) in [5.74, 6) is -0.695. The zero-order valence-corrected chi connectivity index (χ0v) is 19.4. The SMILES string of the molecule is CCC(O)C(C)C1OC(C)(C)OC1(C)C(CC)O[Si](C)(C)C(C)(C)C. The average Bonchev–Trinajstić information content (AvgIpc) is 2.72. The summed E-state index contributed by atoms with van der Waals surface area (Å²) in [5, 5.41) is 10.6. The lowest BCUT2D eigenvalue weighted by atomic mass is 9.81. The first-order valence-corrected chi connectivity index (χ1v) is 12.8. The van der Waals surface area contributed by atoms with Gasteiger partial charge in [-0.1, -0.05) is 41.5 Å².